The molecule has 2 aliphatic carbocycles. The van der Waals surface area contributed by atoms with Gasteiger partial charge in [-0.2, -0.15) is 0 Å². The normalized spacial score (nSPS) is 19.5. The SMILES string of the molecule is C[C@H]1CCc2c(sc(NC(=O)CCC(=O)[O-])c2C(=O)NC2CC2)C1. The molecule has 0 radical (unpaired) electrons. The van der Waals surface area contributed by atoms with E-state index >= 15 is 0 Å². The number of nitrogens with one attached hydrogen (secondary N) is 2. The Hall–Kier alpha value is -1.89. The zero-order valence-electron chi connectivity index (χ0n) is 13.6. The number of thiophene rings is 1. The van der Waals surface area contributed by atoms with Gasteiger partial charge in [-0.1, -0.05) is 6.92 Å². The van der Waals surface area contributed by atoms with E-state index in [2.05, 4.69) is 17.6 Å². The molecule has 7 heteroatoms. The van der Waals surface area contributed by atoms with Crippen molar-refractivity contribution in [1.82, 2.24) is 5.32 Å². The molecule has 2 aliphatic rings. The van der Waals surface area contributed by atoms with Crippen molar-refractivity contribution < 1.29 is 19.5 Å². The van der Waals surface area contributed by atoms with Gasteiger partial charge in [0, 0.05) is 23.3 Å². The molecular formula is C17H21N2O4S-. The molecule has 1 heterocycles. The Morgan fingerprint density at radius 1 is 1.21 bits per heavy atom. The number of aliphatic carboxylic acids is 1. The summed E-state index contributed by atoms with van der Waals surface area (Å²) in [6.45, 7) is 2.19. The summed E-state index contributed by atoms with van der Waals surface area (Å²) in [5, 5.41) is 16.8. The van der Waals surface area contributed by atoms with Crippen LogP contribution in [0.3, 0.4) is 0 Å². The highest BCUT2D eigenvalue weighted by atomic mass is 32.1. The summed E-state index contributed by atoms with van der Waals surface area (Å²) in [4.78, 5) is 36.3. The molecule has 6 nitrogen and oxygen atoms in total. The molecule has 1 atom stereocenters. The van der Waals surface area contributed by atoms with E-state index < -0.39 is 11.9 Å². The van der Waals surface area contributed by atoms with Crippen LogP contribution in [0.2, 0.25) is 0 Å². The van der Waals surface area contributed by atoms with Crippen molar-refractivity contribution in [3.05, 3.63) is 16.0 Å². The van der Waals surface area contributed by atoms with Crippen molar-refractivity contribution in [3.63, 3.8) is 0 Å². The standard InChI is InChI=1S/C17H22N2O4S/c1-9-2-5-11-12(8-9)24-17(19-13(20)6-7-14(21)22)15(11)16(23)18-10-3-4-10/h9-10H,2-8H2,1H3,(H,18,23)(H,19,20)(H,21,22)/p-1/t9-/m0/s1. The van der Waals surface area contributed by atoms with Gasteiger partial charge in [0.05, 0.1) is 5.56 Å². The number of fused-ring (bicyclic) bond motifs is 1. The Balaban J connectivity index is 1.82. The van der Waals surface area contributed by atoms with E-state index in [0.29, 0.717) is 16.5 Å². The minimum Gasteiger partial charge on any atom is -0.550 e. The van der Waals surface area contributed by atoms with Crippen molar-refractivity contribution in [2.45, 2.75) is 57.9 Å². The summed E-state index contributed by atoms with van der Waals surface area (Å²) in [5.74, 6) is -1.21. The second-order valence-electron chi connectivity index (χ2n) is 6.72. The topological polar surface area (TPSA) is 98.3 Å². The van der Waals surface area contributed by atoms with Gasteiger partial charge in [-0.15, -0.1) is 11.3 Å². The van der Waals surface area contributed by atoms with E-state index in [0.717, 1.165) is 42.5 Å². The van der Waals surface area contributed by atoms with E-state index in [4.69, 9.17) is 0 Å². The molecule has 2 amide bonds. The number of carbonyl (C=O) groups excluding carboxylic acids is 3. The van der Waals surface area contributed by atoms with E-state index in [1.165, 1.54) is 11.3 Å². The van der Waals surface area contributed by atoms with Crippen molar-refractivity contribution in [2.75, 3.05) is 5.32 Å². The van der Waals surface area contributed by atoms with E-state index in [1.54, 1.807) is 0 Å². The Morgan fingerprint density at radius 2 is 1.96 bits per heavy atom. The van der Waals surface area contributed by atoms with Gasteiger partial charge in [0.1, 0.15) is 5.00 Å². The third kappa shape index (κ3) is 3.95. The van der Waals surface area contributed by atoms with Gasteiger partial charge >= 0.3 is 0 Å². The largest absolute Gasteiger partial charge is 0.550 e. The summed E-state index contributed by atoms with van der Waals surface area (Å²) >= 11 is 1.45. The fourth-order valence-electron chi connectivity index (χ4n) is 2.97. The van der Waals surface area contributed by atoms with Gasteiger partial charge in [-0.25, -0.2) is 0 Å². The van der Waals surface area contributed by atoms with Crippen LogP contribution in [0.1, 0.15) is 59.8 Å². The van der Waals surface area contributed by atoms with E-state index in [-0.39, 0.29) is 24.8 Å². The quantitative estimate of drug-likeness (QED) is 0.807. The van der Waals surface area contributed by atoms with Gasteiger partial charge in [-0.3, -0.25) is 9.59 Å². The number of anilines is 1. The highest BCUT2D eigenvalue weighted by molar-refractivity contribution is 7.17. The number of carboxylic acid groups (broad SMARTS) is 1. The highest BCUT2D eigenvalue weighted by Crippen LogP contribution is 2.40. The molecule has 1 fully saturated rings. The maximum atomic E-state index is 12.6. The summed E-state index contributed by atoms with van der Waals surface area (Å²) in [7, 11) is 0. The van der Waals surface area contributed by atoms with Crippen LogP contribution in [0.5, 0.6) is 0 Å². The zero-order chi connectivity index (χ0) is 17.3. The smallest absolute Gasteiger partial charge is 0.254 e. The number of carboxylic acids is 1. The fourth-order valence-corrected chi connectivity index (χ4v) is 4.39. The summed E-state index contributed by atoms with van der Waals surface area (Å²) < 4.78 is 0. The maximum Gasteiger partial charge on any atom is 0.254 e. The molecule has 0 aliphatic heterocycles. The molecule has 0 unspecified atom stereocenters. The predicted octanol–water partition coefficient (Wildman–Crippen LogP) is 1.23. The number of amides is 2. The number of carbonyl (C=O) groups is 3. The molecule has 2 N–H and O–H groups in total. The minimum absolute atomic E-state index is 0.125. The molecular weight excluding hydrogens is 328 g/mol. The van der Waals surface area contributed by atoms with Crippen LogP contribution in [0, 0.1) is 5.92 Å². The molecule has 3 rings (SSSR count). The van der Waals surface area contributed by atoms with E-state index in [9.17, 15) is 19.5 Å². The molecule has 0 saturated heterocycles. The van der Waals surface area contributed by atoms with Crippen molar-refractivity contribution >= 4 is 34.1 Å². The lowest BCUT2D eigenvalue weighted by Crippen LogP contribution is -2.28. The third-order valence-electron chi connectivity index (χ3n) is 4.46. The third-order valence-corrected chi connectivity index (χ3v) is 5.63. The van der Waals surface area contributed by atoms with Gasteiger partial charge in [0.2, 0.25) is 5.91 Å². The van der Waals surface area contributed by atoms with Crippen LogP contribution >= 0.6 is 11.3 Å². The monoisotopic (exact) mass is 349 g/mol. The first-order chi connectivity index (χ1) is 11.4. The molecule has 0 spiro atoms. The van der Waals surface area contributed by atoms with Crippen LogP contribution in [0.25, 0.3) is 0 Å². The average molecular weight is 349 g/mol. The van der Waals surface area contributed by atoms with Crippen LogP contribution in [-0.4, -0.2) is 23.8 Å². The first-order valence-electron chi connectivity index (χ1n) is 8.39. The Bertz CT molecular complexity index is 678. The lowest BCUT2D eigenvalue weighted by Gasteiger charge is -2.18. The molecule has 130 valence electrons. The van der Waals surface area contributed by atoms with Gasteiger partial charge in [0.15, 0.2) is 0 Å². The Morgan fingerprint density at radius 3 is 2.62 bits per heavy atom. The van der Waals surface area contributed by atoms with Crippen molar-refractivity contribution in [3.8, 4) is 0 Å². The number of hydrogen-bond donors (Lipinski definition) is 2. The average Bonchev–Trinajstić information content (AvgIpc) is 3.24. The van der Waals surface area contributed by atoms with Crippen LogP contribution in [0.15, 0.2) is 0 Å². The van der Waals surface area contributed by atoms with Gasteiger partial charge < -0.3 is 20.5 Å². The van der Waals surface area contributed by atoms with Gasteiger partial charge in [-0.05, 0) is 50.0 Å². The second-order valence-corrected chi connectivity index (χ2v) is 7.83. The fraction of sp³-hybridized carbons (Fsp3) is 0.588. The van der Waals surface area contributed by atoms with Gasteiger partial charge in [0.25, 0.3) is 5.91 Å². The molecule has 1 aromatic heterocycles. The summed E-state index contributed by atoms with van der Waals surface area (Å²) in [6.07, 6.45) is 4.33. The van der Waals surface area contributed by atoms with Crippen LogP contribution < -0.4 is 15.7 Å². The molecule has 1 saturated carbocycles. The number of rotatable bonds is 6. The Kier molecular flexibility index (Phi) is 4.89. The lowest BCUT2D eigenvalue weighted by atomic mass is 9.88. The predicted molar refractivity (Wildman–Crippen MR) is 88.9 cm³/mol. The van der Waals surface area contributed by atoms with Crippen molar-refractivity contribution in [1.29, 1.82) is 0 Å². The first-order valence-corrected chi connectivity index (χ1v) is 9.20. The molecule has 1 aromatic rings. The zero-order valence-corrected chi connectivity index (χ0v) is 14.5. The highest BCUT2D eigenvalue weighted by Gasteiger charge is 2.31. The lowest BCUT2D eigenvalue weighted by molar-refractivity contribution is -0.305. The maximum absolute atomic E-state index is 12.6. The number of hydrogen-bond acceptors (Lipinski definition) is 5. The second kappa shape index (κ2) is 6.93. The molecule has 24 heavy (non-hydrogen) atoms. The summed E-state index contributed by atoms with van der Waals surface area (Å²) in [6, 6.07) is 0.247. The van der Waals surface area contributed by atoms with Crippen LogP contribution in [-0.2, 0) is 22.4 Å². The molecule has 0 aromatic carbocycles. The Labute approximate surface area is 144 Å². The first kappa shape index (κ1) is 17.0. The molecule has 0 bridgehead atoms. The van der Waals surface area contributed by atoms with Crippen LogP contribution in [0.4, 0.5) is 5.00 Å². The minimum atomic E-state index is -1.25. The van der Waals surface area contributed by atoms with Crippen molar-refractivity contribution in [2.24, 2.45) is 5.92 Å². The summed E-state index contributed by atoms with van der Waals surface area (Å²) in [5.41, 5.74) is 1.63. The van der Waals surface area contributed by atoms with E-state index in [1.807, 2.05) is 0 Å².